The van der Waals surface area contributed by atoms with Crippen molar-refractivity contribution in [3.63, 3.8) is 0 Å². The van der Waals surface area contributed by atoms with Crippen molar-refractivity contribution < 1.29 is 14.3 Å². The number of carbonyl (C=O) groups excluding carboxylic acids is 2. The van der Waals surface area contributed by atoms with Crippen LogP contribution in [0.1, 0.15) is 53.9 Å². The summed E-state index contributed by atoms with van der Waals surface area (Å²) in [5.41, 5.74) is 0.788. The third-order valence-electron chi connectivity index (χ3n) is 2.86. The van der Waals surface area contributed by atoms with Gasteiger partial charge in [-0.3, -0.25) is 4.79 Å². The summed E-state index contributed by atoms with van der Waals surface area (Å²) in [4.78, 5) is 21.6. The highest BCUT2D eigenvalue weighted by atomic mass is 16.5. The molecule has 18 heavy (non-hydrogen) atoms. The Bertz CT molecular complexity index is 303. The van der Waals surface area contributed by atoms with E-state index >= 15 is 0 Å². The molecule has 0 aliphatic carbocycles. The summed E-state index contributed by atoms with van der Waals surface area (Å²) in [6.45, 7) is 9.97. The number of ketones is 1. The smallest absolute Gasteiger partial charge is 0.152 e. The van der Waals surface area contributed by atoms with Gasteiger partial charge in [0, 0.05) is 12.0 Å². The minimum absolute atomic E-state index is 0.0915. The van der Waals surface area contributed by atoms with Crippen molar-refractivity contribution in [1.29, 1.82) is 0 Å². The topological polar surface area (TPSA) is 43.4 Å². The minimum Gasteiger partial charge on any atom is -0.378 e. The molecule has 3 heteroatoms. The normalized spacial score (nSPS) is 14.4. The molecule has 1 atom stereocenters. The first-order chi connectivity index (χ1) is 8.26. The molecule has 0 fully saturated rings. The highest BCUT2D eigenvalue weighted by molar-refractivity contribution is 5.87. The van der Waals surface area contributed by atoms with Gasteiger partial charge in [-0.05, 0) is 46.1 Å². The molecule has 0 saturated carbocycles. The van der Waals surface area contributed by atoms with Crippen LogP contribution in [-0.4, -0.2) is 24.8 Å². The van der Waals surface area contributed by atoms with E-state index in [0.717, 1.165) is 31.1 Å². The minimum atomic E-state index is -0.301. The molecule has 0 aromatic carbocycles. The molecule has 0 heterocycles. The van der Waals surface area contributed by atoms with E-state index in [0.29, 0.717) is 6.61 Å². The number of carbonyl (C=O) groups is 2. The second-order valence-electron chi connectivity index (χ2n) is 5.68. The molecule has 3 nitrogen and oxygen atoms in total. The Morgan fingerprint density at radius 3 is 2.44 bits per heavy atom. The average Bonchev–Trinajstić information content (AvgIpc) is 2.25. The molecule has 0 aliphatic heterocycles. The first-order valence-corrected chi connectivity index (χ1v) is 6.52. The Morgan fingerprint density at radius 2 is 1.94 bits per heavy atom. The number of rotatable bonds is 9. The molecule has 0 radical (unpaired) electrons. The Morgan fingerprint density at radius 1 is 1.33 bits per heavy atom. The monoisotopic (exact) mass is 254 g/mol. The van der Waals surface area contributed by atoms with Gasteiger partial charge in [0.1, 0.15) is 6.29 Å². The van der Waals surface area contributed by atoms with Gasteiger partial charge < -0.3 is 9.53 Å². The Kier molecular flexibility index (Phi) is 7.76. The lowest BCUT2D eigenvalue weighted by Crippen LogP contribution is -2.18. The number of ether oxygens (including phenoxy) is 1. The molecule has 0 aromatic heterocycles. The first kappa shape index (κ1) is 17.0. The number of hydrogen-bond acceptors (Lipinski definition) is 3. The van der Waals surface area contributed by atoms with E-state index in [9.17, 15) is 9.59 Å². The lowest BCUT2D eigenvalue weighted by molar-refractivity contribution is -0.116. The zero-order chi connectivity index (χ0) is 14.2. The fourth-order valence-corrected chi connectivity index (χ4v) is 1.52. The fraction of sp³-hybridized carbons (Fsp3) is 0.733. The predicted octanol–water partition coefficient (Wildman–Crippen LogP) is 3.32. The summed E-state index contributed by atoms with van der Waals surface area (Å²) in [7, 11) is 0. The molecule has 0 aliphatic rings. The number of aldehydes is 1. The van der Waals surface area contributed by atoms with E-state index in [2.05, 4.69) is 0 Å². The quantitative estimate of drug-likeness (QED) is 0.468. The van der Waals surface area contributed by atoms with E-state index in [1.165, 1.54) is 0 Å². The number of hydrogen-bond donors (Lipinski definition) is 0. The summed E-state index contributed by atoms with van der Waals surface area (Å²) in [6.07, 6.45) is 5.31. The van der Waals surface area contributed by atoms with Crippen LogP contribution < -0.4 is 0 Å². The molecular formula is C15H26O3. The highest BCUT2D eigenvalue weighted by Gasteiger charge is 2.16. The van der Waals surface area contributed by atoms with Crippen molar-refractivity contribution in [3.05, 3.63) is 11.6 Å². The van der Waals surface area contributed by atoms with Gasteiger partial charge in [-0.1, -0.05) is 19.4 Å². The predicted molar refractivity (Wildman–Crippen MR) is 73.5 cm³/mol. The van der Waals surface area contributed by atoms with Crippen LogP contribution in [-0.2, 0) is 14.3 Å². The van der Waals surface area contributed by atoms with Crippen LogP contribution in [0.2, 0.25) is 0 Å². The van der Waals surface area contributed by atoms with Gasteiger partial charge in [-0.2, -0.15) is 0 Å². The molecule has 0 saturated heterocycles. The Hall–Kier alpha value is -0.960. The van der Waals surface area contributed by atoms with Crippen molar-refractivity contribution in [2.45, 2.75) is 60.0 Å². The summed E-state index contributed by atoms with van der Waals surface area (Å²) in [6, 6.07) is 0. The third-order valence-corrected chi connectivity index (χ3v) is 2.86. The van der Waals surface area contributed by atoms with Crippen LogP contribution in [0.25, 0.3) is 0 Å². The standard InChI is InChI=1S/C15H26O3/c1-12(10-13(2)17)6-7-14(3)18-9-8-15(4,5)11-16/h10-11,14H,6-9H2,1-5H3/b12-10-. The SMILES string of the molecule is CC(=O)/C=C(/C)CCC(C)OCCC(C)(C)C=O. The molecule has 104 valence electrons. The summed E-state index contributed by atoms with van der Waals surface area (Å²) in [5, 5.41) is 0. The van der Waals surface area contributed by atoms with Crippen LogP contribution in [0.15, 0.2) is 11.6 Å². The maximum atomic E-state index is 10.9. The summed E-state index contributed by atoms with van der Waals surface area (Å²) >= 11 is 0. The van der Waals surface area contributed by atoms with Crippen molar-refractivity contribution in [2.75, 3.05) is 6.61 Å². The van der Waals surface area contributed by atoms with Gasteiger partial charge in [0.2, 0.25) is 0 Å². The lowest BCUT2D eigenvalue weighted by Gasteiger charge is -2.19. The van der Waals surface area contributed by atoms with E-state index in [4.69, 9.17) is 4.74 Å². The average molecular weight is 254 g/mol. The van der Waals surface area contributed by atoms with Gasteiger partial charge in [-0.25, -0.2) is 0 Å². The lowest BCUT2D eigenvalue weighted by atomic mass is 9.92. The van der Waals surface area contributed by atoms with Gasteiger partial charge in [0.25, 0.3) is 0 Å². The van der Waals surface area contributed by atoms with Gasteiger partial charge in [0.15, 0.2) is 5.78 Å². The van der Waals surface area contributed by atoms with Crippen molar-refractivity contribution in [2.24, 2.45) is 5.41 Å². The second-order valence-corrected chi connectivity index (χ2v) is 5.68. The first-order valence-electron chi connectivity index (χ1n) is 6.52. The van der Waals surface area contributed by atoms with Gasteiger partial charge in [0.05, 0.1) is 6.10 Å². The molecule has 0 spiro atoms. The van der Waals surface area contributed by atoms with E-state index < -0.39 is 0 Å². The molecular weight excluding hydrogens is 228 g/mol. The van der Waals surface area contributed by atoms with E-state index in [-0.39, 0.29) is 17.3 Å². The zero-order valence-corrected chi connectivity index (χ0v) is 12.3. The van der Waals surface area contributed by atoms with E-state index in [1.807, 2.05) is 27.7 Å². The fourth-order valence-electron chi connectivity index (χ4n) is 1.52. The van der Waals surface area contributed by atoms with Crippen LogP contribution in [0.5, 0.6) is 0 Å². The van der Waals surface area contributed by atoms with Crippen LogP contribution >= 0.6 is 0 Å². The Balaban J connectivity index is 3.82. The highest BCUT2D eigenvalue weighted by Crippen LogP contribution is 2.17. The third kappa shape index (κ3) is 9.11. The number of allylic oxidation sites excluding steroid dienone is 2. The van der Waals surface area contributed by atoms with Crippen LogP contribution in [0.3, 0.4) is 0 Å². The van der Waals surface area contributed by atoms with Crippen LogP contribution in [0.4, 0.5) is 0 Å². The second kappa shape index (κ2) is 8.20. The zero-order valence-electron chi connectivity index (χ0n) is 12.3. The Labute approximate surface area is 111 Å². The summed E-state index contributed by atoms with van der Waals surface area (Å²) in [5.74, 6) is 0.0915. The summed E-state index contributed by atoms with van der Waals surface area (Å²) < 4.78 is 5.66. The van der Waals surface area contributed by atoms with Crippen molar-refractivity contribution in [1.82, 2.24) is 0 Å². The van der Waals surface area contributed by atoms with Crippen molar-refractivity contribution >= 4 is 12.1 Å². The van der Waals surface area contributed by atoms with Gasteiger partial charge >= 0.3 is 0 Å². The maximum Gasteiger partial charge on any atom is 0.152 e. The molecule has 1 unspecified atom stereocenters. The largest absolute Gasteiger partial charge is 0.378 e. The maximum absolute atomic E-state index is 10.9. The van der Waals surface area contributed by atoms with E-state index in [1.54, 1.807) is 13.0 Å². The molecule has 0 aromatic rings. The van der Waals surface area contributed by atoms with Crippen molar-refractivity contribution in [3.8, 4) is 0 Å². The van der Waals surface area contributed by atoms with Crippen LogP contribution in [0, 0.1) is 5.41 Å². The molecule has 0 amide bonds. The molecule has 0 bridgehead atoms. The van der Waals surface area contributed by atoms with Gasteiger partial charge in [-0.15, -0.1) is 0 Å². The molecule has 0 N–H and O–H groups in total. The molecule has 0 rings (SSSR count).